The fourth-order valence-corrected chi connectivity index (χ4v) is 4.81. The second-order valence-corrected chi connectivity index (χ2v) is 9.41. The molecular formula is C21H28ClF2N5O4S. The number of esters is 1. The third kappa shape index (κ3) is 6.42. The Morgan fingerprint density at radius 3 is 2.71 bits per heavy atom. The standard InChI is InChI=1S/C21H28ClF2N5O4S/c1-5-12-16(22)28-17(26-12)18(30)27-13-7-8-29(9-14(13)33-10-21(4,23)24)20-25-11(3)15(34-20)19(31)32-6-2/h13-14H,5-10H2,1-4H3,(H,26,28)(H,27,30)/t13-,14+/m1/s1. The van der Waals surface area contributed by atoms with Gasteiger partial charge in [0.15, 0.2) is 16.1 Å². The molecule has 0 aromatic carbocycles. The van der Waals surface area contributed by atoms with Crippen molar-refractivity contribution in [2.24, 2.45) is 0 Å². The molecular weight excluding hydrogens is 492 g/mol. The van der Waals surface area contributed by atoms with Crippen molar-refractivity contribution in [3.63, 3.8) is 0 Å². The fraction of sp³-hybridized carbons (Fsp3) is 0.619. The summed E-state index contributed by atoms with van der Waals surface area (Å²) >= 11 is 7.21. The molecule has 0 aliphatic carbocycles. The van der Waals surface area contributed by atoms with E-state index >= 15 is 0 Å². The summed E-state index contributed by atoms with van der Waals surface area (Å²) in [6, 6.07) is -0.536. The molecule has 2 N–H and O–H groups in total. The van der Waals surface area contributed by atoms with E-state index in [1.807, 2.05) is 11.8 Å². The number of aromatic amines is 1. The minimum atomic E-state index is -3.03. The summed E-state index contributed by atoms with van der Waals surface area (Å²) in [5, 5.41) is 3.61. The molecule has 0 spiro atoms. The molecule has 0 saturated carbocycles. The van der Waals surface area contributed by atoms with E-state index in [1.165, 1.54) is 11.3 Å². The maximum atomic E-state index is 13.5. The molecule has 2 atom stereocenters. The molecule has 1 fully saturated rings. The van der Waals surface area contributed by atoms with E-state index in [2.05, 4.69) is 20.3 Å². The number of hydrogen-bond acceptors (Lipinski definition) is 8. The van der Waals surface area contributed by atoms with E-state index in [1.54, 1.807) is 13.8 Å². The van der Waals surface area contributed by atoms with Crippen molar-refractivity contribution >= 4 is 39.9 Å². The lowest BCUT2D eigenvalue weighted by atomic mass is 10.0. The van der Waals surface area contributed by atoms with Gasteiger partial charge in [-0.2, -0.15) is 0 Å². The summed E-state index contributed by atoms with van der Waals surface area (Å²) in [7, 11) is 0. The summed E-state index contributed by atoms with van der Waals surface area (Å²) < 4.78 is 37.7. The van der Waals surface area contributed by atoms with Crippen LogP contribution < -0.4 is 10.2 Å². The van der Waals surface area contributed by atoms with Gasteiger partial charge in [0.1, 0.15) is 11.5 Å². The van der Waals surface area contributed by atoms with Gasteiger partial charge in [-0.15, -0.1) is 0 Å². The molecule has 1 amide bonds. The fourth-order valence-electron chi connectivity index (χ4n) is 3.55. The van der Waals surface area contributed by atoms with Crippen molar-refractivity contribution in [1.82, 2.24) is 20.3 Å². The van der Waals surface area contributed by atoms with Gasteiger partial charge in [-0.05, 0) is 26.7 Å². The molecule has 0 unspecified atom stereocenters. The lowest BCUT2D eigenvalue weighted by molar-refractivity contribution is -0.0947. The monoisotopic (exact) mass is 519 g/mol. The Kier molecular flexibility index (Phi) is 8.47. The zero-order chi connectivity index (χ0) is 25.0. The zero-order valence-corrected chi connectivity index (χ0v) is 21.0. The first kappa shape index (κ1) is 26.3. The van der Waals surface area contributed by atoms with Gasteiger partial charge in [0.05, 0.1) is 30.1 Å². The summed E-state index contributed by atoms with van der Waals surface area (Å²) in [5.41, 5.74) is 1.17. The Morgan fingerprint density at radius 1 is 1.35 bits per heavy atom. The first-order valence-electron chi connectivity index (χ1n) is 11.0. The van der Waals surface area contributed by atoms with Gasteiger partial charge in [0.25, 0.3) is 11.8 Å². The molecule has 3 heterocycles. The van der Waals surface area contributed by atoms with Crippen LogP contribution in [-0.4, -0.2) is 71.2 Å². The van der Waals surface area contributed by atoms with Crippen molar-refractivity contribution in [2.75, 3.05) is 31.2 Å². The Labute approximate surface area is 205 Å². The number of carbonyl (C=O) groups is 2. The second-order valence-electron chi connectivity index (χ2n) is 8.07. The number of piperidine rings is 1. The third-order valence-electron chi connectivity index (χ3n) is 5.24. The molecule has 188 valence electrons. The van der Waals surface area contributed by atoms with E-state index in [-0.39, 0.29) is 24.1 Å². The van der Waals surface area contributed by atoms with E-state index < -0.39 is 36.6 Å². The first-order chi connectivity index (χ1) is 16.0. The average molecular weight is 520 g/mol. The molecule has 13 heteroatoms. The van der Waals surface area contributed by atoms with Crippen molar-refractivity contribution in [1.29, 1.82) is 0 Å². The summed E-state index contributed by atoms with van der Waals surface area (Å²) in [6.07, 6.45) is 0.249. The minimum absolute atomic E-state index is 0.0541. The molecule has 0 radical (unpaired) electrons. The number of halogens is 3. The van der Waals surface area contributed by atoms with E-state index in [4.69, 9.17) is 21.1 Å². The molecule has 2 aromatic rings. The van der Waals surface area contributed by atoms with Crippen molar-refractivity contribution in [2.45, 2.75) is 58.6 Å². The number of aromatic nitrogens is 3. The summed E-state index contributed by atoms with van der Waals surface area (Å²) in [4.78, 5) is 38.5. The van der Waals surface area contributed by atoms with Crippen LogP contribution in [0, 0.1) is 6.92 Å². The molecule has 2 aromatic heterocycles. The molecule has 1 aliphatic rings. The number of aryl methyl sites for hydroxylation is 2. The number of amides is 1. The number of nitrogens with zero attached hydrogens (tertiary/aromatic N) is 3. The maximum absolute atomic E-state index is 13.5. The highest BCUT2D eigenvalue weighted by atomic mass is 35.5. The van der Waals surface area contributed by atoms with Crippen LogP contribution >= 0.6 is 22.9 Å². The summed E-state index contributed by atoms with van der Waals surface area (Å²) in [6.45, 7) is 6.21. The molecule has 9 nitrogen and oxygen atoms in total. The van der Waals surface area contributed by atoms with E-state index in [0.29, 0.717) is 40.8 Å². The number of anilines is 1. The highest BCUT2D eigenvalue weighted by Gasteiger charge is 2.36. The first-order valence-corrected chi connectivity index (χ1v) is 12.2. The van der Waals surface area contributed by atoms with E-state index in [0.717, 1.165) is 6.92 Å². The minimum Gasteiger partial charge on any atom is -0.462 e. The zero-order valence-electron chi connectivity index (χ0n) is 19.4. The Hall–Kier alpha value is -2.31. The number of ether oxygens (including phenoxy) is 2. The Morgan fingerprint density at radius 2 is 2.09 bits per heavy atom. The van der Waals surface area contributed by atoms with Crippen LogP contribution in [0.1, 0.15) is 58.9 Å². The van der Waals surface area contributed by atoms with Crippen molar-refractivity contribution in [3.8, 4) is 0 Å². The predicted molar refractivity (Wildman–Crippen MR) is 124 cm³/mol. The van der Waals surface area contributed by atoms with Gasteiger partial charge in [-0.1, -0.05) is 29.9 Å². The molecule has 3 rings (SSSR count). The number of rotatable bonds is 9. The topological polar surface area (TPSA) is 109 Å². The van der Waals surface area contributed by atoms with E-state index in [9.17, 15) is 18.4 Å². The highest BCUT2D eigenvalue weighted by molar-refractivity contribution is 7.17. The largest absolute Gasteiger partial charge is 0.462 e. The van der Waals surface area contributed by atoms with Crippen LogP contribution in [0.5, 0.6) is 0 Å². The van der Waals surface area contributed by atoms with Crippen LogP contribution in [0.2, 0.25) is 5.15 Å². The van der Waals surface area contributed by atoms with Crippen LogP contribution in [0.15, 0.2) is 0 Å². The molecule has 1 aliphatic heterocycles. The quantitative estimate of drug-likeness (QED) is 0.487. The van der Waals surface area contributed by atoms with Gasteiger partial charge >= 0.3 is 5.97 Å². The van der Waals surface area contributed by atoms with Gasteiger partial charge < -0.3 is 24.7 Å². The number of nitrogens with one attached hydrogen (secondary N) is 2. The SMILES string of the molecule is CCOC(=O)c1sc(N2CC[C@@H](NC(=O)c3nc(Cl)c(CC)[nH]3)[C@@H](OCC(C)(F)F)C2)nc1C. The van der Waals surface area contributed by atoms with Gasteiger partial charge in [-0.25, -0.2) is 23.5 Å². The normalized spacial score (nSPS) is 18.7. The van der Waals surface area contributed by atoms with Crippen molar-refractivity contribution in [3.05, 3.63) is 27.2 Å². The van der Waals surface area contributed by atoms with Crippen molar-refractivity contribution < 1.29 is 27.8 Å². The van der Waals surface area contributed by atoms with Crippen LogP contribution in [0.3, 0.4) is 0 Å². The number of H-pyrrole nitrogens is 1. The number of alkyl halides is 2. The number of imidazole rings is 1. The van der Waals surface area contributed by atoms with Crippen LogP contribution in [-0.2, 0) is 15.9 Å². The van der Waals surface area contributed by atoms with Gasteiger partial charge in [0.2, 0.25) is 0 Å². The Bertz CT molecular complexity index is 1030. The summed E-state index contributed by atoms with van der Waals surface area (Å²) in [5.74, 6) is -3.92. The van der Waals surface area contributed by atoms with Gasteiger partial charge in [0, 0.05) is 20.0 Å². The third-order valence-corrected chi connectivity index (χ3v) is 6.75. The molecule has 0 bridgehead atoms. The second kappa shape index (κ2) is 11.0. The van der Waals surface area contributed by atoms with Crippen LogP contribution in [0.4, 0.5) is 13.9 Å². The number of thiazole rings is 1. The Balaban J connectivity index is 1.75. The smallest absolute Gasteiger partial charge is 0.350 e. The predicted octanol–water partition coefficient (Wildman–Crippen LogP) is 3.62. The number of carbonyl (C=O) groups excluding carboxylic acids is 2. The van der Waals surface area contributed by atoms with Gasteiger partial charge in [-0.3, -0.25) is 4.79 Å². The number of hydrogen-bond donors (Lipinski definition) is 2. The lowest BCUT2D eigenvalue weighted by Crippen LogP contribution is -2.56. The maximum Gasteiger partial charge on any atom is 0.350 e. The molecule has 34 heavy (non-hydrogen) atoms. The van der Waals surface area contributed by atoms with Crippen LogP contribution in [0.25, 0.3) is 0 Å². The highest BCUT2D eigenvalue weighted by Crippen LogP contribution is 2.30. The average Bonchev–Trinajstić information content (AvgIpc) is 3.35. The lowest BCUT2D eigenvalue weighted by Gasteiger charge is -2.38. The molecule has 1 saturated heterocycles.